The molecule has 0 bridgehead atoms. The van der Waals surface area contributed by atoms with E-state index < -0.39 is 0 Å². The number of benzene rings is 2. The second-order valence-electron chi connectivity index (χ2n) is 5.35. The molecule has 0 aliphatic heterocycles. The lowest BCUT2D eigenvalue weighted by Gasteiger charge is -2.14. The molecule has 0 aliphatic carbocycles. The van der Waals surface area contributed by atoms with Gasteiger partial charge in [0.1, 0.15) is 5.69 Å². The van der Waals surface area contributed by atoms with Crippen molar-refractivity contribution in [3.8, 4) is 0 Å². The van der Waals surface area contributed by atoms with Gasteiger partial charge in [-0.2, -0.15) is 0 Å². The van der Waals surface area contributed by atoms with Gasteiger partial charge in [0.05, 0.1) is 4.26 Å². The molecule has 0 radical (unpaired) electrons. The highest BCUT2D eigenvalue weighted by molar-refractivity contribution is 6.10. The molecule has 0 N–H and O–H groups in total. The van der Waals surface area contributed by atoms with Crippen molar-refractivity contribution in [2.75, 3.05) is 0 Å². The largest absolute Gasteiger partial charge is 0.319 e. The molecular weight excluding hydrogens is 320 g/mol. The molecule has 3 rings (SSSR count). The van der Waals surface area contributed by atoms with Crippen molar-refractivity contribution in [2.24, 2.45) is 0 Å². The van der Waals surface area contributed by atoms with Crippen LogP contribution < -0.4 is 0 Å². The highest BCUT2D eigenvalue weighted by Crippen LogP contribution is 2.26. The van der Waals surface area contributed by atoms with Crippen LogP contribution in [0, 0.1) is 0 Å². The van der Waals surface area contributed by atoms with Gasteiger partial charge in [0, 0.05) is 24.2 Å². The van der Waals surface area contributed by atoms with Crippen molar-refractivity contribution in [3.05, 3.63) is 102 Å². The number of hydrogen-bond acceptors (Lipinski definition) is 2. The van der Waals surface area contributed by atoms with Gasteiger partial charge in [0.2, 0.25) is 6.10 Å². The van der Waals surface area contributed by atoms with Crippen LogP contribution in [0.1, 0.15) is 29.8 Å². The molecule has 0 spiro atoms. The van der Waals surface area contributed by atoms with Crippen LogP contribution in [0.4, 0.5) is 0 Å². The maximum absolute atomic E-state index is 6.39. The Morgan fingerprint density at radius 2 is 1.42 bits per heavy atom. The van der Waals surface area contributed by atoms with Gasteiger partial charge >= 0.3 is 11.8 Å². The zero-order valence-corrected chi connectivity index (χ0v) is 14.1. The molecule has 0 fully saturated rings. The van der Waals surface area contributed by atoms with Crippen LogP contribution in [0.5, 0.6) is 0 Å². The molecule has 120 valence electrons. The zero-order valence-electron chi connectivity index (χ0n) is 13.3. The van der Waals surface area contributed by atoms with Crippen LogP contribution in [0.2, 0.25) is 0 Å². The summed E-state index contributed by atoms with van der Waals surface area (Å²) in [5.74, 6) is 0. The summed E-state index contributed by atoms with van der Waals surface area (Å²) in [6.07, 6.45) is 1.43. The molecular formula is C20H18ClN2O+. The van der Waals surface area contributed by atoms with E-state index in [0.29, 0.717) is 0 Å². The Bertz CT molecular complexity index is 765. The van der Waals surface area contributed by atoms with Gasteiger partial charge in [-0.15, -0.1) is 0 Å². The summed E-state index contributed by atoms with van der Waals surface area (Å²) in [6.45, 7) is 1.88. The first kappa shape index (κ1) is 16.2. The third-order valence-corrected chi connectivity index (χ3v) is 4.04. The number of aromatic nitrogens is 1. The highest BCUT2D eigenvalue weighted by atomic mass is 35.5. The number of rotatable bonds is 5. The minimum Gasteiger partial charge on any atom is -0.250 e. The fraction of sp³-hybridized carbons (Fsp3) is 0.100. The van der Waals surface area contributed by atoms with Gasteiger partial charge in [0.15, 0.2) is 0 Å². The third kappa shape index (κ3) is 3.81. The van der Waals surface area contributed by atoms with Crippen LogP contribution in [0.25, 0.3) is 0 Å². The summed E-state index contributed by atoms with van der Waals surface area (Å²) in [6, 6.07) is 25.7. The summed E-state index contributed by atoms with van der Waals surface area (Å²) in [7, 11) is 0. The number of hydrogen-bond donors (Lipinski definition) is 0. The second kappa shape index (κ2) is 7.75. The lowest BCUT2D eigenvalue weighted by atomic mass is 10.0. The Morgan fingerprint density at radius 3 is 1.92 bits per heavy atom. The minimum atomic E-state index is -0.302. The fourth-order valence-electron chi connectivity index (χ4n) is 2.41. The molecule has 0 saturated heterocycles. The van der Waals surface area contributed by atoms with Crippen LogP contribution in [-0.2, 0) is 4.84 Å². The number of nitrogens with zero attached hydrogens (tertiary/aromatic N) is 2. The molecule has 0 saturated carbocycles. The molecule has 1 heterocycles. The molecule has 4 heteroatoms. The predicted octanol–water partition coefficient (Wildman–Crippen LogP) is 4.78. The van der Waals surface area contributed by atoms with E-state index in [1.165, 1.54) is 4.26 Å². The van der Waals surface area contributed by atoms with E-state index in [1.54, 1.807) is 6.20 Å². The molecule has 0 atom stereocenters. The second-order valence-corrected chi connectivity index (χ2v) is 5.66. The average molecular weight is 338 g/mol. The lowest BCUT2D eigenvalue weighted by molar-refractivity contribution is -0.695. The first-order valence-electron chi connectivity index (χ1n) is 7.73. The summed E-state index contributed by atoms with van der Waals surface area (Å²) >= 11 is 6.39. The summed E-state index contributed by atoms with van der Waals surface area (Å²) in [4.78, 5) is 10.4. The Labute approximate surface area is 146 Å². The molecule has 0 unspecified atom stereocenters. The Kier molecular flexibility index (Phi) is 5.24. The van der Waals surface area contributed by atoms with Gasteiger partial charge in [-0.25, -0.2) is 4.84 Å². The minimum absolute atomic E-state index is 0.302. The number of pyridine rings is 1. The topological polar surface area (TPSA) is 25.1 Å². The van der Waals surface area contributed by atoms with Crippen molar-refractivity contribution < 1.29 is 9.10 Å². The van der Waals surface area contributed by atoms with Crippen molar-refractivity contribution in [2.45, 2.75) is 13.0 Å². The van der Waals surface area contributed by atoms with Crippen molar-refractivity contribution in [1.82, 2.24) is 4.98 Å². The first-order chi connectivity index (χ1) is 11.8. The van der Waals surface area contributed by atoms with E-state index in [-0.39, 0.29) is 6.10 Å². The maximum atomic E-state index is 6.39. The summed E-state index contributed by atoms with van der Waals surface area (Å²) in [5.41, 5.74) is 3.56. The predicted molar refractivity (Wildman–Crippen MR) is 95.9 cm³/mol. The van der Waals surface area contributed by atoms with Gasteiger partial charge in [-0.1, -0.05) is 66.7 Å². The van der Waals surface area contributed by atoms with Crippen LogP contribution >= 0.6 is 11.8 Å². The molecule has 0 amide bonds. The van der Waals surface area contributed by atoms with Crippen LogP contribution in [0.3, 0.4) is 0 Å². The molecule has 1 aromatic heterocycles. The quantitative estimate of drug-likeness (QED) is 0.380. The molecule has 3 nitrogen and oxygen atoms in total. The Hall–Kier alpha value is -2.65. The van der Waals surface area contributed by atoms with Gasteiger partial charge in [-0.05, 0) is 12.1 Å². The molecule has 3 aromatic rings. The highest BCUT2D eigenvalue weighted by Gasteiger charge is 2.24. The van der Waals surface area contributed by atoms with Crippen molar-refractivity contribution in [3.63, 3.8) is 0 Å². The van der Waals surface area contributed by atoms with Crippen LogP contribution in [0.15, 0.2) is 85.1 Å². The van der Waals surface area contributed by atoms with E-state index >= 15 is 0 Å². The zero-order chi connectivity index (χ0) is 16.8. The average Bonchev–Trinajstić information content (AvgIpc) is 2.67. The van der Waals surface area contributed by atoms with E-state index in [2.05, 4.69) is 4.98 Å². The Morgan fingerprint density at radius 1 is 0.875 bits per heavy atom. The summed E-state index contributed by atoms with van der Waals surface area (Å²) in [5, 5.41) is 0. The third-order valence-electron chi connectivity index (χ3n) is 3.70. The van der Waals surface area contributed by atoms with Gasteiger partial charge in [0.25, 0.3) is 5.71 Å². The van der Waals surface area contributed by atoms with Crippen LogP contribution in [-0.4, -0.2) is 15.0 Å². The fourth-order valence-corrected chi connectivity index (χ4v) is 2.57. The van der Waals surface area contributed by atoms with Gasteiger partial charge in [-0.3, -0.25) is 4.98 Å². The van der Waals surface area contributed by atoms with Crippen molar-refractivity contribution >= 4 is 17.5 Å². The van der Waals surface area contributed by atoms with E-state index in [1.807, 2.05) is 85.8 Å². The number of halogens is 1. The lowest BCUT2D eigenvalue weighted by Crippen LogP contribution is -2.17. The van der Waals surface area contributed by atoms with Gasteiger partial charge < -0.3 is 0 Å². The Balaban J connectivity index is 1.95. The maximum Gasteiger partial charge on any atom is 0.319 e. The SMILES string of the molecule is CC(c1ccccn1)=[N+](Cl)OC(c1ccccc1)c1ccccc1. The smallest absolute Gasteiger partial charge is 0.250 e. The van der Waals surface area contributed by atoms with Crippen molar-refractivity contribution in [1.29, 1.82) is 0 Å². The monoisotopic (exact) mass is 337 g/mol. The molecule has 24 heavy (non-hydrogen) atoms. The van der Waals surface area contributed by atoms with E-state index in [9.17, 15) is 0 Å². The molecule has 0 aliphatic rings. The molecule has 2 aromatic carbocycles. The van der Waals surface area contributed by atoms with E-state index in [4.69, 9.17) is 16.6 Å². The summed E-state index contributed by atoms with van der Waals surface area (Å²) < 4.78 is 1.27. The normalized spacial score (nSPS) is 12.0. The van der Waals surface area contributed by atoms with E-state index in [0.717, 1.165) is 22.5 Å². The standard InChI is InChI=1S/C20H18ClN2O/c1-16(19-14-8-9-15-22-19)23(21)24-20(17-10-4-2-5-11-17)18-12-6-3-7-13-18/h2-15,20H,1H3/q+1. The first-order valence-corrected chi connectivity index (χ1v) is 8.07.